The van der Waals surface area contributed by atoms with Crippen LogP contribution in [0, 0.1) is 5.82 Å². The molecule has 0 bridgehead atoms. The summed E-state index contributed by atoms with van der Waals surface area (Å²) in [6, 6.07) is 3.02. The molecule has 3 rings (SSSR count). The van der Waals surface area contributed by atoms with Crippen molar-refractivity contribution in [3.63, 3.8) is 0 Å². The fourth-order valence-corrected chi connectivity index (χ4v) is 2.80. The molecule has 5 nitrogen and oxygen atoms in total. The molecule has 2 heterocycles. The Hall–Kier alpha value is -2.35. The number of alkyl halides is 2. The van der Waals surface area contributed by atoms with E-state index in [1.807, 2.05) is 13.2 Å². The van der Waals surface area contributed by atoms with Crippen LogP contribution in [0.5, 0.6) is 0 Å². The summed E-state index contributed by atoms with van der Waals surface area (Å²) in [6.07, 6.45) is 0.689. The average molecular weight is 338 g/mol. The molecule has 1 amide bonds. The molecule has 1 aromatic heterocycles. The number of amides is 1. The van der Waals surface area contributed by atoms with Crippen molar-refractivity contribution in [3.05, 3.63) is 53.1 Å². The molecule has 0 spiro atoms. The Balaban J connectivity index is 1.76. The van der Waals surface area contributed by atoms with Gasteiger partial charge in [-0.15, -0.1) is 0 Å². The first-order valence-corrected chi connectivity index (χ1v) is 7.54. The van der Waals surface area contributed by atoms with Crippen LogP contribution in [0.3, 0.4) is 0 Å². The Morgan fingerprint density at radius 2 is 2.21 bits per heavy atom. The van der Waals surface area contributed by atoms with Gasteiger partial charge in [0.2, 0.25) is 0 Å². The number of hydrogen-bond donors (Lipinski definition) is 1. The van der Waals surface area contributed by atoms with Gasteiger partial charge in [0.1, 0.15) is 5.82 Å². The molecule has 24 heavy (non-hydrogen) atoms. The molecule has 1 unspecified atom stereocenters. The van der Waals surface area contributed by atoms with E-state index in [0.29, 0.717) is 19.6 Å². The standard InChI is InChI=1S/C16H17F3N4O/c1-22-8-11(7-21-22)14-9-23(5-4-20-14)16(24)10-2-3-12(15(18)19)13(17)6-10/h2-3,6-8,14-15,20H,4-5,9H2,1H3. The number of hydrogen-bond acceptors (Lipinski definition) is 3. The van der Waals surface area contributed by atoms with Gasteiger partial charge >= 0.3 is 0 Å². The van der Waals surface area contributed by atoms with E-state index in [2.05, 4.69) is 10.4 Å². The lowest BCUT2D eigenvalue weighted by Crippen LogP contribution is -2.48. The van der Waals surface area contributed by atoms with Crippen LogP contribution in [0.15, 0.2) is 30.6 Å². The first-order valence-electron chi connectivity index (χ1n) is 7.54. The zero-order chi connectivity index (χ0) is 17.3. The van der Waals surface area contributed by atoms with E-state index in [4.69, 9.17) is 0 Å². The Kier molecular flexibility index (Phi) is 4.57. The first kappa shape index (κ1) is 16.5. The largest absolute Gasteiger partial charge is 0.335 e. The normalized spacial score (nSPS) is 18.2. The SMILES string of the molecule is Cn1cc(C2CN(C(=O)c3ccc(C(F)F)c(F)c3)CCN2)cn1. The molecule has 1 N–H and O–H groups in total. The van der Waals surface area contributed by atoms with Crippen LogP contribution in [-0.4, -0.2) is 40.2 Å². The Labute approximate surface area is 137 Å². The van der Waals surface area contributed by atoms with Crippen LogP contribution in [0.2, 0.25) is 0 Å². The van der Waals surface area contributed by atoms with Crippen LogP contribution in [0.25, 0.3) is 0 Å². The van der Waals surface area contributed by atoms with Crippen molar-refractivity contribution in [1.29, 1.82) is 0 Å². The minimum Gasteiger partial charge on any atom is -0.335 e. The van der Waals surface area contributed by atoms with E-state index in [0.717, 1.165) is 17.7 Å². The monoisotopic (exact) mass is 338 g/mol. The zero-order valence-electron chi connectivity index (χ0n) is 13.0. The third-order valence-corrected chi connectivity index (χ3v) is 4.07. The van der Waals surface area contributed by atoms with Crippen LogP contribution >= 0.6 is 0 Å². The van der Waals surface area contributed by atoms with Gasteiger partial charge in [0, 0.05) is 44.0 Å². The molecular weight excluding hydrogens is 321 g/mol. The van der Waals surface area contributed by atoms with Crippen LogP contribution in [0.1, 0.15) is 34.0 Å². The van der Waals surface area contributed by atoms with Gasteiger partial charge in [-0.05, 0) is 18.2 Å². The molecular formula is C16H17F3N4O. The minimum atomic E-state index is -2.90. The third kappa shape index (κ3) is 3.28. The average Bonchev–Trinajstić information content (AvgIpc) is 3.00. The maximum absolute atomic E-state index is 13.7. The summed E-state index contributed by atoms with van der Waals surface area (Å²) in [7, 11) is 1.81. The van der Waals surface area contributed by atoms with Gasteiger partial charge in [-0.2, -0.15) is 5.10 Å². The first-order chi connectivity index (χ1) is 11.5. The summed E-state index contributed by atoms with van der Waals surface area (Å²) in [6.45, 7) is 1.46. The van der Waals surface area contributed by atoms with Gasteiger partial charge in [0.15, 0.2) is 0 Å². The van der Waals surface area contributed by atoms with Gasteiger partial charge in [0.05, 0.1) is 17.8 Å². The number of nitrogens with zero attached hydrogens (tertiary/aromatic N) is 3. The highest BCUT2D eigenvalue weighted by atomic mass is 19.3. The number of halogens is 3. The molecule has 1 saturated heterocycles. The Bertz CT molecular complexity index is 747. The van der Waals surface area contributed by atoms with Crippen LogP contribution in [-0.2, 0) is 7.05 Å². The van der Waals surface area contributed by atoms with Gasteiger partial charge < -0.3 is 10.2 Å². The van der Waals surface area contributed by atoms with Crippen molar-refractivity contribution in [3.8, 4) is 0 Å². The number of aromatic nitrogens is 2. The highest BCUT2D eigenvalue weighted by Crippen LogP contribution is 2.24. The highest BCUT2D eigenvalue weighted by Gasteiger charge is 2.26. The Morgan fingerprint density at radius 3 is 2.83 bits per heavy atom. The van der Waals surface area contributed by atoms with E-state index in [1.165, 1.54) is 6.07 Å². The van der Waals surface area contributed by atoms with Crippen LogP contribution < -0.4 is 5.32 Å². The zero-order valence-corrected chi connectivity index (χ0v) is 13.0. The predicted molar refractivity (Wildman–Crippen MR) is 81.2 cm³/mol. The van der Waals surface area contributed by atoms with Crippen molar-refractivity contribution in [2.45, 2.75) is 12.5 Å². The van der Waals surface area contributed by atoms with E-state index in [9.17, 15) is 18.0 Å². The molecule has 0 aliphatic carbocycles. The van der Waals surface area contributed by atoms with Crippen molar-refractivity contribution in [2.24, 2.45) is 7.05 Å². The van der Waals surface area contributed by atoms with E-state index < -0.39 is 17.8 Å². The van der Waals surface area contributed by atoms with Crippen molar-refractivity contribution in [2.75, 3.05) is 19.6 Å². The van der Waals surface area contributed by atoms with Crippen molar-refractivity contribution >= 4 is 5.91 Å². The fourth-order valence-electron chi connectivity index (χ4n) is 2.80. The van der Waals surface area contributed by atoms with E-state index in [-0.39, 0.29) is 17.5 Å². The molecule has 1 fully saturated rings. The molecule has 8 heteroatoms. The second kappa shape index (κ2) is 6.64. The highest BCUT2D eigenvalue weighted by molar-refractivity contribution is 5.94. The van der Waals surface area contributed by atoms with Gasteiger partial charge in [-0.3, -0.25) is 9.48 Å². The fraction of sp³-hybridized carbons (Fsp3) is 0.375. The molecule has 0 saturated carbocycles. The summed E-state index contributed by atoms with van der Waals surface area (Å²) < 4.78 is 40.6. The second-order valence-corrected chi connectivity index (χ2v) is 5.74. The lowest BCUT2D eigenvalue weighted by atomic mass is 10.1. The molecule has 0 radical (unpaired) electrons. The number of piperazine rings is 1. The Morgan fingerprint density at radius 1 is 1.42 bits per heavy atom. The molecule has 1 aliphatic heterocycles. The smallest absolute Gasteiger partial charge is 0.266 e. The summed E-state index contributed by atoms with van der Waals surface area (Å²) in [4.78, 5) is 14.1. The van der Waals surface area contributed by atoms with Gasteiger partial charge in [-0.1, -0.05) is 0 Å². The molecule has 1 atom stereocenters. The minimum absolute atomic E-state index is 0.0680. The number of nitrogens with one attached hydrogen (secondary N) is 1. The number of carbonyl (C=O) groups is 1. The van der Waals surface area contributed by atoms with Gasteiger partial charge in [0.25, 0.3) is 12.3 Å². The van der Waals surface area contributed by atoms with E-state index in [1.54, 1.807) is 15.8 Å². The lowest BCUT2D eigenvalue weighted by Gasteiger charge is -2.33. The maximum Gasteiger partial charge on any atom is 0.266 e. The van der Waals surface area contributed by atoms with Crippen molar-refractivity contribution < 1.29 is 18.0 Å². The molecule has 2 aromatic rings. The number of benzene rings is 1. The third-order valence-electron chi connectivity index (χ3n) is 4.07. The van der Waals surface area contributed by atoms with E-state index >= 15 is 0 Å². The van der Waals surface area contributed by atoms with Crippen LogP contribution in [0.4, 0.5) is 13.2 Å². The summed E-state index contributed by atoms with van der Waals surface area (Å²) >= 11 is 0. The number of aryl methyl sites for hydroxylation is 1. The second-order valence-electron chi connectivity index (χ2n) is 5.74. The molecule has 1 aromatic carbocycles. The maximum atomic E-state index is 13.7. The topological polar surface area (TPSA) is 50.2 Å². The lowest BCUT2D eigenvalue weighted by molar-refractivity contribution is 0.0702. The number of rotatable bonds is 3. The summed E-state index contributed by atoms with van der Waals surface area (Å²) in [5.74, 6) is -1.43. The number of carbonyl (C=O) groups excluding carboxylic acids is 1. The predicted octanol–water partition coefficient (Wildman–Crippen LogP) is 2.28. The summed E-state index contributed by atoms with van der Waals surface area (Å²) in [5, 5.41) is 7.41. The molecule has 1 aliphatic rings. The van der Waals surface area contributed by atoms with Crippen molar-refractivity contribution in [1.82, 2.24) is 20.0 Å². The van der Waals surface area contributed by atoms with Gasteiger partial charge in [-0.25, -0.2) is 13.2 Å². The quantitative estimate of drug-likeness (QED) is 0.934. The molecule has 128 valence electrons. The summed E-state index contributed by atoms with van der Waals surface area (Å²) in [5.41, 5.74) is 0.332.